The van der Waals surface area contributed by atoms with Crippen LogP contribution in [-0.2, 0) is 28.5 Å². The summed E-state index contributed by atoms with van der Waals surface area (Å²) in [5.74, 6) is -0.351. The molecule has 3 heterocycles. The van der Waals surface area contributed by atoms with E-state index in [1.807, 2.05) is 6.92 Å². The van der Waals surface area contributed by atoms with E-state index < -0.39 is 12.1 Å². The largest absolute Gasteiger partial charge is 0.459 e. The van der Waals surface area contributed by atoms with Crippen molar-refractivity contribution in [1.29, 1.82) is 0 Å². The number of nitrogens with one attached hydrogen (secondary N) is 2. The summed E-state index contributed by atoms with van der Waals surface area (Å²) in [6.07, 6.45) is 11.6. The molecule has 0 aromatic heterocycles. The third kappa shape index (κ3) is 9.56. The second-order valence-electron chi connectivity index (χ2n) is 10.8. The Kier molecular flexibility index (Phi) is 10.5. The average molecular weight is 534 g/mol. The van der Waals surface area contributed by atoms with Crippen LogP contribution in [0.5, 0.6) is 0 Å². The predicted octanol–water partition coefficient (Wildman–Crippen LogP) is 2.67. The van der Waals surface area contributed by atoms with Gasteiger partial charge in [0.2, 0.25) is 5.91 Å². The lowest BCUT2D eigenvalue weighted by Gasteiger charge is -2.39. The van der Waals surface area contributed by atoms with Crippen LogP contribution < -0.4 is 16.4 Å². The van der Waals surface area contributed by atoms with E-state index >= 15 is 0 Å². The van der Waals surface area contributed by atoms with Crippen LogP contribution in [-0.4, -0.2) is 73.2 Å². The van der Waals surface area contributed by atoms with Gasteiger partial charge in [-0.1, -0.05) is 30.7 Å². The highest BCUT2D eigenvalue weighted by Crippen LogP contribution is 2.42. The normalized spacial score (nSPS) is 34.3. The van der Waals surface area contributed by atoms with Crippen molar-refractivity contribution in [2.45, 2.75) is 102 Å². The molecule has 10 heteroatoms. The molecule has 0 bridgehead atoms. The van der Waals surface area contributed by atoms with Crippen LogP contribution in [0.3, 0.4) is 0 Å². The van der Waals surface area contributed by atoms with E-state index in [-0.39, 0.29) is 53.9 Å². The molecule has 8 atom stereocenters. The molecular formula is C28H43N3O7. The van der Waals surface area contributed by atoms with Crippen molar-refractivity contribution in [2.24, 2.45) is 11.7 Å². The Morgan fingerprint density at radius 1 is 1.16 bits per heavy atom. The number of epoxide rings is 1. The first-order valence-corrected chi connectivity index (χ1v) is 13.4. The van der Waals surface area contributed by atoms with Crippen LogP contribution in [0.15, 0.2) is 36.0 Å². The summed E-state index contributed by atoms with van der Waals surface area (Å²) >= 11 is 0. The lowest BCUT2D eigenvalue weighted by Crippen LogP contribution is -2.50. The van der Waals surface area contributed by atoms with Crippen LogP contribution in [0.2, 0.25) is 0 Å². The Morgan fingerprint density at radius 3 is 2.55 bits per heavy atom. The Bertz CT molecular complexity index is 943. The highest BCUT2D eigenvalue weighted by Gasteiger charge is 2.51. The Morgan fingerprint density at radius 2 is 1.89 bits per heavy atom. The lowest BCUT2D eigenvalue weighted by atomic mass is 9.88. The van der Waals surface area contributed by atoms with Crippen LogP contribution in [0, 0.1) is 5.92 Å². The minimum absolute atomic E-state index is 0.0550. The van der Waals surface area contributed by atoms with Gasteiger partial charge in [-0.3, -0.25) is 9.59 Å². The molecule has 3 aliphatic heterocycles. The number of amides is 3. The molecule has 10 nitrogen and oxygen atoms in total. The maximum Gasteiger partial charge on any atom is 0.312 e. The molecule has 3 saturated heterocycles. The highest BCUT2D eigenvalue weighted by atomic mass is 16.6. The Balaban J connectivity index is 1.46. The minimum Gasteiger partial charge on any atom is -0.459 e. The number of nitrogens with two attached hydrogens (primary N) is 1. The fraction of sp³-hybridized carbons (Fsp3) is 0.679. The van der Waals surface area contributed by atoms with Gasteiger partial charge in [0.05, 0.1) is 42.7 Å². The summed E-state index contributed by atoms with van der Waals surface area (Å²) < 4.78 is 23.1. The number of esters is 1. The van der Waals surface area contributed by atoms with E-state index in [1.54, 1.807) is 13.0 Å². The van der Waals surface area contributed by atoms with Crippen LogP contribution in [0.4, 0.5) is 4.79 Å². The van der Waals surface area contributed by atoms with Gasteiger partial charge in [-0.05, 0) is 45.6 Å². The number of ether oxygens (including phenoxy) is 4. The number of urea groups is 1. The van der Waals surface area contributed by atoms with Gasteiger partial charge in [-0.25, -0.2) is 4.79 Å². The molecule has 4 N–H and O–H groups in total. The monoisotopic (exact) mass is 533 g/mol. The standard InChI is InChI=1S/C28H43N3O7/c1-17(6-9-22-13-28(16-35-28)14-23(38-22)15-30-27(29)34)7-10-25-18(2)12-24(20(4)37-25)31-26(33)11-8-19(3)36-21(5)32/h6-9,11,18-20,22-25H,10,12-16H2,1-5H3,(H,31,33)(H3,29,30,34)/b9-6+,11-8-,17-7+/t18-,19-,20+,22+,23-,24+,25-,28+/m0/s1. The first-order chi connectivity index (χ1) is 17.9. The van der Waals surface area contributed by atoms with Crippen molar-refractivity contribution in [3.8, 4) is 0 Å². The molecule has 212 valence electrons. The van der Waals surface area contributed by atoms with Crippen LogP contribution >= 0.6 is 0 Å². The molecule has 0 aromatic rings. The Labute approximate surface area is 225 Å². The van der Waals surface area contributed by atoms with Crippen LogP contribution in [0.1, 0.15) is 60.3 Å². The van der Waals surface area contributed by atoms with Gasteiger partial charge >= 0.3 is 12.0 Å². The smallest absolute Gasteiger partial charge is 0.312 e. The zero-order chi connectivity index (χ0) is 27.9. The van der Waals surface area contributed by atoms with E-state index in [1.165, 1.54) is 13.0 Å². The molecule has 3 amide bonds. The fourth-order valence-corrected chi connectivity index (χ4v) is 5.09. The molecule has 38 heavy (non-hydrogen) atoms. The van der Waals surface area contributed by atoms with Gasteiger partial charge in [0.15, 0.2) is 0 Å². The predicted molar refractivity (Wildman–Crippen MR) is 142 cm³/mol. The maximum atomic E-state index is 12.3. The quantitative estimate of drug-likeness (QED) is 0.170. The zero-order valence-electron chi connectivity index (χ0n) is 23.1. The van der Waals surface area contributed by atoms with Gasteiger partial charge in [-0.15, -0.1) is 0 Å². The first kappa shape index (κ1) is 29.9. The molecule has 0 unspecified atom stereocenters. The summed E-state index contributed by atoms with van der Waals surface area (Å²) in [5.41, 5.74) is 6.17. The molecule has 0 aromatic carbocycles. The number of hydrogen-bond donors (Lipinski definition) is 3. The van der Waals surface area contributed by atoms with E-state index in [9.17, 15) is 14.4 Å². The van der Waals surface area contributed by atoms with Gasteiger partial charge in [0.1, 0.15) is 6.10 Å². The summed E-state index contributed by atoms with van der Waals surface area (Å²) in [6, 6.07) is -0.648. The number of carbonyl (C=O) groups excluding carboxylic acids is 3. The molecule has 0 aliphatic carbocycles. The number of rotatable bonds is 10. The molecule has 3 fully saturated rings. The number of carbonyl (C=O) groups is 3. The summed E-state index contributed by atoms with van der Waals surface area (Å²) in [4.78, 5) is 34.4. The third-order valence-electron chi connectivity index (χ3n) is 7.26. The van der Waals surface area contributed by atoms with Gasteiger partial charge in [-0.2, -0.15) is 0 Å². The van der Waals surface area contributed by atoms with Gasteiger partial charge < -0.3 is 35.3 Å². The van der Waals surface area contributed by atoms with Crippen molar-refractivity contribution in [3.05, 3.63) is 36.0 Å². The van der Waals surface area contributed by atoms with E-state index in [2.05, 4.69) is 42.7 Å². The zero-order valence-corrected chi connectivity index (χ0v) is 23.1. The molecule has 3 aliphatic rings. The van der Waals surface area contributed by atoms with E-state index in [0.717, 1.165) is 37.9 Å². The summed E-state index contributed by atoms with van der Waals surface area (Å²) in [6.45, 7) is 10.3. The van der Waals surface area contributed by atoms with Crippen molar-refractivity contribution >= 4 is 17.9 Å². The number of hydrogen-bond acceptors (Lipinski definition) is 7. The van der Waals surface area contributed by atoms with Crippen molar-refractivity contribution < 1.29 is 33.3 Å². The SMILES string of the molecule is CC(=O)O[C@@H](C)/C=C\C(=O)N[C@@H]1C[C@H](C)[C@H](C/C=C(C)/C=C/[C@@H]2C[C@]3(CO3)C[C@@H](CNC(N)=O)O2)O[C@@H]1C. The summed E-state index contributed by atoms with van der Waals surface area (Å²) in [5, 5.41) is 5.63. The number of allylic oxidation sites excluding steroid dienone is 2. The van der Waals surface area contributed by atoms with Crippen molar-refractivity contribution in [2.75, 3.05) is 13.2 Å². The second kappa shape index (κ2) is 13.4. The van der Waals surface area contributed by atoms with E-state index in [0.29, 0.717) is 6.54 Å². The Hall–Kier alpha value is -2.69. The topological polar surface area (TPSA) is 142 Å². The maximum absolute atomic E-state index is 12.3. The van der Waals surface area contributed by atoms with Gasteiger partial charge in [0.25, 0.3) is 0 Å². The van der Waals surface area contributed by atoms with Crippen molar-refractivity contribution in [3.63, 3.8) is 0 Å². The molecule has 0 saturated carbocycles. The summed E-state index contributed by atoms with van der Waals surface area (Å²) in [7, 11) is 0. The van der Waals surface area contributed by atoms with E-state index in [4.69, 9.17) is 24.7 Å². The lowest BCUT2D eigenvalue weighted by molar-refractivity contribution is -0.143. The average Bonchev–Trinajstić information content (AvgIpc) is 3.58. The molecule has 0 radical (unpaired) electrons. The highest BCUT2D eigenvalue weighted by molar-refractivity contribution is 5.87. The molecule has 3 rings (SSSR count). The number of primary amides is 1. The first-order valence-electron chi connectivity index (χ1n) is 13.4. The van der Waals surface area contributed by atoms with Gasteiger partial charge in [0, 0.05) is 32.4 Å². The van der Waals surface area contributed by atoms with Crippen LogP contribution in [0.25, 0.3) is 0 Å². The molecular weight excluding hydrogens is 490 g/mol. The fourth-order valence-electron chi connectivity index (χ4n) is 5.09. The van der Waals surface area contributed by atoms with Crippen molar-refractivity contribution in [1.82, 2.24) is 10.6 Å². The minimum atomic E-state index is -0.555. The second-order valence-corrected chi connectivity index (χ2v) is 10.8. The molecule has 1 spiro atoms. The third-order valence-corrected chi connectivity index (χ3v) is 7.26.